The van der Waals surface area contributed by atoms with Gasteiger partial charge in [0, 0.05) is 6.61 Å². The van der Waals surface area contributed by atoms with Crippen LogP contribution in [-0.4, -0.2) is 22.4 Å². The standard InChI is InChI=1S/C6H11O2/c1-6(8)2-5(3-6)4-7/h5,7-8H,1-4H2/t5-,6+. The molecular weight excluding hydrogens is 104 g/mol. The largest absolute Gasteiger partial charge is 0.396 e. The van der Waals surface area contributed by atoms with E-state index in [1.165, 1.54) is 0 Å². The lowest BCUT2D eigenvalue weighted by Crippen LogP contribution is -2.42. The summed E-state index contributed by atoms with van der Waals surface area (Å²) < 4.78 is 0. The minimum atomic E-state index is -0.715. The van der Waals surface area contributed by atoms with E-state index in [4.69, 9.17) is 10.2 Å². The van der Waals surface area contributed by atoms with Gasteiger partial charge in [0.05, 0.1) is 5.60 Å². The Hall–Kier alpha value is -0.0800. The minimum Gasteiger partial charge on any atom is -0.396 e. The van der Waals surface area contributed by atoms with Gasteiger partial charge in [-0.1, -0.05) is 0 Å². The maximum absolute atomic E-state index is 8.99. The number of hydrogen-bond acceptors (Lipinski definition) is 2. The van der Waals surface area contributed by atoms with Crippen molar-refractivity contribution in [3.05, 3.63) is 6.92 Å². The summed E-state index contributed by atoms with van der Waals surface area (Å²) in [5.74, 6) is 0.303. The van der Waals surface area contributed by atoms with Gasteiger partial charge in [-0.2, -0.15) is 0 Å². The molecule has 0 spiro atoms. The third-order valence-corrected chi connectivity index (χ3v) is 1.60. The molecule has 1 saturated carbocycles. The Kier molecular flexibility index (Phi) is 1.29. The van der Waals surface area contributed by atoms with E-state index in [2.05, 4.69) is 6.92 Å². The van der Waals surface area contributed by atoms with E-state index >= 15 is 0 Å². The van der Waals surface area contributed by atoms with Crippen molar-refractivity contribution in [3.63, 3.8) is 0 Å². The smallest absolute Gasteiger partial charge is 0.0655 e. The molecule has 0 saturated heterocycles. The van der Waals surface area contributed by atoms with E-state index in [9.17, 15) is 0 Å². The van der Waals surface area contributed by atoms with Crippen LogP contribution < -0.4 is 0 Å². The molecule has 8 heavy (non-hydrogen) atoms. The minimum absolute atomic E-state index is 0.192. The highest BCUT2D eigenvalue weighted by atomic mass is 16.3. The van der Waals surface area contributed by atoms with Crippen molar-refractivity contribution in [2.75, 3.05) is 6.61 Å². The van der Waals surface area contributed by atoms with Crippen LogP contribution in [0.3, 0.4) is 0 Å². The van der Waals surface area contributed by atoms with E-state index in [1.807, 2.05) is 0 Å². The Bertz CT molecular complexity index is 80.5. The molecule has 0 amide bonds. The molecule has 1 aliphatic rings. The molecule has 1 radical (unpaired) electrons. The summed E-state index contributed by atoms with van der Waals surface area (Å²) in [7, 11) is 0. The summed E-state index contributed by atoms with van der Waals surface area (Å²) in [4.78, 5) is 0. The molecule has 1 aliphatic carbocycles. The molecule has 0 aromatic carbocycles. The van der Waals surface area contributed by atoms with Crippen LogP contribution in [0.5, 0.6) is 0 Å². The SMILES string of the molecule is [CH2][C@]1(O)C[C@@H](CO)C1. The molecular formula is C6H11O2. The lowest BCUT2D eigenvalue weighted by Gasteiger charge is -2.39. The average molecular weight is 115 g/mol. The normalized spacial score (nSPS) is 46.1. The lowest BCUT2D eigenvalue weighted by atomic mass is 9.73. The average Bonchev–Trinajstić information content (AvgIpc) is 1.60. The van der Waals surface area contributed by atoms with Gasteiger partial charge in [0.1, 0.15) is 0 Å². The first-order valence-corrected chi connectivity index (χ1v) is 2.83. The Morgan fingerprint density at radius 1 is 1.62 bits per heavy atom. The monoisotopic (exact) mass is 115 g/mol. The van der Waals surface area contributed by atoms with Crippen molar-refractivity contribution < 1.29 is 10.2 Å². The molecule has 2 heteroatoms. The van der Waals surface area contributed by atoms with Gasteiger partial charge in [0.2, 0.25) is 0 Å². The fourth-order valence-corrected chi connectivity index (χ4v) is 1.14. The van der Waals surface area contributed by atoms with Crippen molar-refractivity contribution >= 4 is 0 Å². The van der Waals surface area contributed by atoms with Crippen molar-refractivity contribution in [2.24, 2.45) is 5.92 Å². The van der Waals surface area contributed by atoms with Crippen LogP contribution in [0.15, 0.2) is 0 Å². The predicted molar refractivity (Wildman–Crippen MR) is 30.1 cm³/mol. The van der Waals surface area contributed by atoms with Gasteiger partial charge >= 0.3 is 0 Å². The first kappa shape index (κ1) is 6.05. The van der Waals surface area contributed by atoms with Gasteiger partial charge in [0.25, 0.3) is 0 Å². The molecule has 2 nitrogen and oxygen atoms in total. The Labute approximate surface area is 49.1 Å². The lowest BCUT2D eigenvalue weighted by molar-refractivity contribution is -0.0511. The van der Waals surface area contributed by atoms with Crippen LogP contribution >= 0.6 is 0 Å². The van der Waals surface area contributed by atoms with Gasteiger partial charge in [-0.05, 0) is 25.7 Å². The van der Waals surface area contributed by atoms with Gasteiger partial charge in [-0.15, -0.1) is 0 Å². The maximum atomic E-state index is 8.99. The maximum Gasteiger partial charge on any atom is 0.0655 e. The fraction of sp³-hybridized carbons (Fsp3) is 0.833. The summed E-state index contributed by atoms with van der Waals surface area (Å²) in [6.45, 7) is 3.71. The molecule has 47 valence electrons. The van der Waals surface area contributed by atoms with E-state index in [0.29, 0.717) is 18.8 Å². The van der Waals surface area contributed by atoms with E-state index < -0.39 is 5.60 Å². The van der Waals surface area contributed by atoms with Crippen molar-refractivity contribution in [1.29, 1.82) is 0 Å². The number of aliphatic hydroxyl groups is 2. The third-order valence-electron chi connectivity index (χ3n) is 1.60. The second-order valence-corrected chi connectivity index (χ2v) is 2.68. The van der Waals surface area contributed by atoms with Crippen LogP contribution in [0.25, 0.3) is 0 Å². The fourth-order valence-electron chi connectivity index (χ4n) is 1.14. The zero-order chi connectivity index (χ0) is 6.20. The number of rotatable bonds is 1. The van der Waals surface area contributed by atoms with Crippen LogP contribution in [0.1, 0.15) is 12.8 Å². The van der Waals surface area contributed by atoms with Crippen molar-refractivity contribution in [3.8, 4) is 0 Å². The Morgan fingerprint density at radius 3 is 2.25 bits per heavy atom. The highest BCUT2D eigenvalue weighted by molar-refractivity contribution is 4.95. The van der Waals surface area contributed by atoms with E-state index in [-0.39, 0.29) is 6.61 Å². The summed E-state index contributed by atoms with van der Waals surface area (Å²) >= 11 is 0. The zero-order valence-electron chi connectivity index (χ0n) is 4.80. The van der Waals surface area contributed by atoms with Crippen molar-refractivity contribution in [2.45, 2.75) is 18.4 Å². The van der Waals surface area contributed by atoms with Crippen molar-refractivity contribution in [1.82, 2.24) is 0 Å². The highest BCUT2D eigenvalue weighted by Gasteiger charge is 2.37. The highest BCUT2D eigenvalue weighted by Crippen LogP contribution is 2.36. The Morgan fingerprint density at radius 2 is 2.12 bits per heavy atom. The van der Waals surface area contributed by atoms with Gasteiger partial charge < -0.3 is 10.2 Å². The van der Waals surface area contributed by atoms with E-state index in [1.54, 1.807) is 0 Å². The quantitative estimate of drug-likeness (QED) is 0.503. The molecule has 1 fully saturated rings. The molecule has 1 rings (SSSR count). The second-order valence-electron chi connectivity index (χ2n) is 2.68. The molecule has 0 unspecified atom stereocenters. The molecule has 2 N–H and O–H groups in total. The van der Waals surface area contributed by atoms with Gasteiger partial charge in [0.15, 0.2) is 0 Å². The molecule has 0 aliphatic heterocycles. The summed E-state index contributed by atoms with van der Waals surface area (Å²) in [6, 6.07) is 0. The molecule has 0 heterocycles. The zero-order valence-corrected chi connectivity index (χ0v) is 4.80. The topological polar surface area (TPSA) is 40.5 Å². The van der Waals surface area contributed by atoms with Gasteiger partial charge in [-0.25, -0.2) is 0 Å². The summed E-state index contributed by atoms with van der Waals surface area (Å²) in [6.07, 6.45) is 1.31. The van der Waals surface area contributed by atoms with Crippen LogP contribution in [-0.2, 0) is 0 Å². The van der Waals surface area contributed by atoms with Crippen LogP contribution in [0.4, 0.5) is 0 Å². The molecule has 0 aromatic rings. The first-order chi connectivity index (χ1) is 3.64. The summed E-state index contributed by atoms with van der Waals surface area (Å²) in [5, 5.41) is 17.5. The summed E-state index contributed by atoms with van der Waals surface area (Å²) in [5.41, 5.74) is -0.715. The van der Waals surface area contributed by atoms with Gasteiger partial charge in [-0.3, -0.25) is 0 Å². The first-order valence-electron chi connectivity index (χ1n) is 2.83. The predicted octanol–water partition coefficient (Wildman–Crippen LogP) is -0.0461. The Balaban J connectivity index is 2.21. The number of hydrogen-bond donors (Lipinski definition) is 2. The molecule has 0 bridgehead atoms. The van der Waals surface area contributed by atoms with Crippen LogP contribution in [0.2, 0.25) is 0 Å². The second kappa shape index (κ2) is 1.71. The van der Waals surface area contributed by atoms with E-state index in [0.717, 1.165) is 0 Å². The third kappa shape index (κ3) is 1.01. The molecule has 0 atom stereocenters. The number of aliphatic hydroxyl groups excluding tert-OH is 1. The molecule has 0 aromatic heterocycles. The van der Waals surface area contributed by atoms with Crippen LogP contribution in [0, 0.1) is 12.8 Å².